The standard InChI is InChI=1S/C18H20N4O4S2/c1-25-9-7-21(8-10-26-2)17-13-11-16(28-18(13)20-12-19-17)27-15-6-4-3-5-14(15)22(23)24/h3-6,11-12H,7-10H2,1-2H3. The van der Waals surface area contributed by atoms with Gasteiger partial charge >= 0.3 is 0 Å². The third-order valence-corrected chi connectivity index (χ3v) is 6.21. The average Bonchev–Trinajstić information content (AvgIpc) is 3.11. The van der Waals surface area contributed by atoms with E-state index in [4.69, 9.17) is 9.47 Å². The number of nitro groups is 1. The number of methoxy groups -OCH3 is 2. The predicted molar refractivity (Wildman–Crippen MR) is 111 cm³/mol. The molecule has 0 N–H and O–H groups in total. The van der Waals surface area contributed by atoms with E-state index in [2.05, 4.69) is 14.9 Å². The van der Waals surface area contributed by atoms with Crippen molar-refractivity contribution in [1.29, 1.82) is 0 Å². The molecule has 0 saturated carbocycles. The maximum atomic E-state index is 11.3. The molecular formula is C18H20N4O4S2. The van der Waals surface area contributed by atoms with Gasteiger partial charge in [0.25, 0.3) is 5.69 Å². The van der Waals surface area contributed by atoms with Crippen LogP contribution in [0.3, 0.4) is 0 Å². The second-order valence-electron chi connectivity index (χ2n) is 5.78. The molecule has 0 atom stereocenters. The van der Waals surface area contributed by atoms with Crippen LogP contribution >= 0.6 is 23.1 Å². The molecule has 148 valence electrons. The van der Waals surface area contributed by atoms with Gasteiger partial charge in [0.15, 0.2) is 0 Å². The minimum Gasteiger partial charge on any atom is -0.383 e. The Balaban J connectivity index is 1.93. The van der Waals surface area contributed by atoms with Crippen molar-refractivity contribution < 1.29 is 14.4 Å². The van der Waals surface area contributed by atoms with E-state index in [0.717, 1.165) is 20.2 Å². The highest BCUT2D eigenvalue weighted by Gasteiger charge is 2.18. The number of hydrogen-bond acceptors (Lipinski definition) is 9. The van der Waals surface area contributed by atoms with Gasteiger partial charge in [0.2, 0.25) is 0 Å². The Morgan fingerprint density at radius 1 is 1.18 bits per heavy atom. The van der Waals surface area contributed by atoms with E-state index in [1.165, 1.54) is 29.2 Å². The number of thiophene rings is 1. The molecule has 0 radical (unpaired) electrons. The van der Waals surface area contributed by atoms with Gasteiger partial charge in [-0.3, -0.25) is 10.1 Å². The molecule has 0 unspecified atom stereocenters. The lowest BCUT2D eigenvalue weighted by Gasteiger charge is -2.23. The van der Waals surface area contributed by atoms with Crippen LogP contribution in [0.2, 0.25) is 0 Å². The van der Waals surface area contributed by atoms with Crippen LogP contribution in [0.25, 0.3) is 10.2 Å². The van der Waals surface area contributed by atoms with Gasteiger partial charge in [-0.1, -0.05) is 23.9 Å². The monoisotopic (exact) mass is 420 g/mol. The van der Waals surface area contributed by atoms with Crippen LogP contribution in [0.1, 0.15) is 0 Å². The lowest BCUT2D eigenvalue weighted by molar-refractivity contribution is -0.387. The van der Waals surface area contributed by atoms with Crippen molar-refractivity contribution >= 4 is 44.8 Å². The third-order valence-electron chi connectivity index (χ3n) is 3.99. The van der Waals surface area contributed by atoms with E-state index in [-0.39, 0.29) is 10.6 Å². The second kappa shape index (κ2) is 9.78. The number of aromatic nitrogens is 2. The van der Waals surface area contributed by atoms with Crippen molar-refractivity contribution in [3.05, 3.63) is 46.8 Å². The summed E-state index contributed by atoms with van der Waals surface area (Å²) in [6.07, 6.45) is 1.54. The first-order valence-electron chi connectivity index (χ1n) is 8.52. The molecule has 0 bridgehead atoms. The molecule has 0 fully saturated rings. The highest BCUT2D eigenvalue weighted by Crippen LogP contribution is 2.41. The van der Waals surface area contributed by atoms with Crippen LogP contribution in [0.15, 0.2) is 45.8 Å². The maximum Gasteiger partial charge on any atom is 0.283 e. The van der Waals surface area contributed by atoms with Crippen LogP contribution < -0.4 is 4.90 Å². The Bertz CT molecular complexity index is 942. The first kappa shape index (κ1) is 20.5. The summed E-state index contributed by atoms with van der Waals surface area (Å²) in [6, 6.07) is 8.72. The lowest BCUT2D eigenvalue weighted by Crippen LogP contribution is -2.31. The van der Waals surface area contributed by atoms with Gasteiger partial charge in [0.1, 0.15) is 17.0 Å². The van der Waals surface area contributed by atoms with E-state index < -0.39 is 0 Å². The summed E-state index contributed by atoms with van der Waals surface area (Å²) >= 11 is 2.86. The molecule has 0 saturated heterocycles. The molecule has 0 aliphatic rings. The number of fused-ring (bicyclic) bond motifs is 1. The normalized spacial score (nSPS) is 11.1. The SMILES string of the molecule is COCCN(CCOC)c1ncnc2sc(Sc3ccccc3[N+](=O)[O-])cc12. The fourth-order valence-electron chi connectivity index (χ4n) is 2.65. The summed E-state index contributed by atoms with van der Waals surface area (Å²) in [6.45, 7) is 2.48. The molecule has 1 aromatic carbocycles. The molecular weight excluding hydrogens is 400 g/mol. The Labute approximate surface area is 170 Å². The first-order valence-corrected chi connectivity index (χ1v) is 10.2. The summed E-state index contributed by atoms with van der Waals surface area (Å²) in [5, 5.41) is 12.2. The van der Waals surface area contributed by atoms with Gasteiger partial charge < -0.3 is 14.4 Å². The van der Waals surface area contributed by atoms with Gasteiger partial charge in [0, 0.05) is 33.4 Å². The number of benzene rings is 1. The van der Waals surface area contributed by atoms with E-state index in [1.807, 2.05) is 6.07 Å². The van der Waals surface area contributed by atoms with Crippen LogP contribution in [-0.2, 0) is 9.47 Å². The molecule has 3 aromatic rings. The van der Waals surface area contributed by atoms with Gasteiger partial charge in [-0.15, -0.1) is 11.3 Å². The molecule has 0 amide bonds. The summed E-state index contributed by atoms with van der Waals surface area (Å²) < 4.78 is 11.3. The molecule has 0 aliphatic carbocycles. The van der Waals surface area contributed by atoms with Gasteiger partial charge in [-0.2, -0.15) is 0 Å². The van der Waals surface area contributed by atoms with Gasteiger partial charge in [-0.25, -0.2) is 9.97 Å². The topological polar surface area (TPSA) is 90.6 Å². The van der Waals surface area contributed by atoms with Crippen molar-refractivity contribution in [3.63, 3.8) is 0 Å². The van der Waals surface area contributed by atoms with Crippen molar-refractivity contribution in [2.45, 2.75) is 9.10 Å². The maximum absolute atomic E-state index is 11.3. The van der Waals surface area contributed by atoms with Crippen molar-refractivity contribution in [3.8, 4) is 0 Å². The fourth-order valence-corrected chi connectivity index (χ4v) is 4.84. The molecule has 2 heterocycles. The third kappa shape index (κ3) is 4.76. The minimum atomic E-state index is -0.363. The van der Waals surface area contributed by atoms with Gasteiger partial charge in [0.05, 0.1) is 32.6 Å². The quantitative estimate of drug-likeness (QED) is 0.361. The van der Waals surface area contributed by atoms with E-state index in [9.17, 15) is 10.1 Å². The van der Waals surface area contributed by atoms with E-state index in [0.29, 0.717) is 31.2 Å². The Morgan fingerprint density at radius 2 is 1.89 bits per heavy atom. The average molecular weight is 421 g/mol. The number of ether oxygens (including phenoxy) is 2. The molecule has 3 rings (SSSR count). The Morgan fingerprint density at radius 3 is 2.57 bits per heavy atom. The van der Waals surface area contributed by atoms with Crippen molar-refractivity contribution in [2.24, 2.45) is 0 Å². The fraction of sp³-hybridized carbons (Fsp3) is 0.333. The number of hydrogen-bond donors (Lipinski definition) is 0. The van der Waals surface area contributed by atoms with Crippen LogP contribution in [0, 0.1) is 10.1 Å². The molecule has 0 spiro atoms. The Kier molecular flexibility index (Phi) is 7.15. The van der Waals surface area contributed by atoms with Crippen molar-refractivity contribution in [2.75, 3.05) is 45.4 Å². The molecule has 28 heavy (non-hydrogen) atoms. The number of anilines is 1. The zero-order valence-corrected chi connectivity index (χ0v) is 17.2. The van der Waals surface area contributed by atoms with Crippen LogP contribution in [0.4, 0.5) is 11.5 Å². The highest BCUT2D eigenvalue weighted by molar-refractivity contribution is 8.01. The molecule has 10 heteroatoms. The number of rotatable bonds is 10. The van der Waals surface area contributed by atoms with Gasteiger partial charge in [-0.05, 0) is 12.1 Å². The number of nitrogens with zero attached hydrogens (tertiary/aromatic N) is 4. The number of para-hydroxylation sites is 1. The van der Waals surface area contributed by atoms with E-state index in [1.54, 1.807) is 38.7 Å². The zero-order valence-electron chi connectivity index (χ0n) is 15.5. The minimum absolute atomic E-state index is 0.0954. The summed E-state index contributed by atoms with van der Waals surface area (Å²) in [7, 11) is 3.33. The molecule has 0 aliphatic heterocycles. The van der Waals surface area contributed by atoms with Crippen LogP contribution in [-0.4, -0.2) is 55.4 Å². The second-order valence-corrected chi connectivity index (χ2v) is 8.15. The molecule has 2 aromatic heterocycles. The largest absolute Gasteiger partial charge is 0.383 e. The summed E-state index contributed by atoms with van der Waals surface area (Å²) in [5.41, 5.74) is 0.0954. The van der Waals surface area contributed by atoms with Crippen molar-refractivity contribution in [1.82, 2.24) is 9.97 Å². The summed E-state index contributed by atoms with van der Waals surface area (Å²) in [4.78, 5) is 23.3. The van der Waals surface area contributed by atoms with Crippen LogP contribution in [0.5, 0.6) is 0 Å². The zero-order chi connectivity index (χ0) is 19.9. The first-order chi connectivity index (χ1) is 13.6. The lowest BCUT2D eigenvalue weighted by atomic mass is 10.3. The summed E-state index contributed by atoms with van der Waals surface area (Å²) in [5.74, 6) is 0.810. The number of nitro benzene ring substituents is 1. The predicted octanol–water partition coefficient (Wildman–Crippen LogP) is 3.85. The highest BCUT2D eigenvalue weighted by atomic mass is 32.2. The Hall–Kier alpha value is -2.27. The molecule has 8 nitrogen and oxygen atoms in total. The van der Waals surface area contributed by atoms with E-state index >= 15 is 0 Å². The smallest absolute Gasteiger partial charge is 0.283 e.